The lowest BCUT2D eigenvalue weighted by molar-refractivity contribution is 0.0781. The van der Waals surface area contributed by atoms with Crippen LogP contribution in [0.25, 0.3) is 0 Å². The minimum absolute atomic E-state index is 0.246. The molecule has 0 aromatic rings. The van der Waals surface area contributed by atoms with E-state index >= 15 is 0 Å². The minimum atomic E-state index is 0.246. The van der Waals surface area contributed by atoms with Crippen molar-refractivity contribution >= 4 is 17.7 Å². The van der Waals surface area contributed by atoms with E-state index in [1.807, 2.05) is 11.8 Å². The van der Waals surface area contributed by atoms with Gasteiger partial charge in [0.25, 0.3) is 0 Å². The molecule has 0 aromatic carbocycles. The molecular weight excluding hydrogens is 274 g/mol. The molecule has 0 bridgehead atoms. The van der Waals surface area contributed by atoms with Crippen LogP contribution < -0.4 is 10.6 Å². The predicted molar refractivity (Wildman–Crippen MR) is 86.8 cm³/mol. The van der Waals surface area contributed by atoms with Crippen LogP contribution in [0.3, 0.4) is 0 Å². The summed E-state index contributed by atoms with van der Waals surface area (Å²) in [5, 5.41) is 6.80. The lowest BCUT2D eigenvalue weighted by Crippen LogP contribution is -2.50. The van der Waals surface area contributed by atoms with Gasteiger partial charge in [0.15, 0.2) is 5.96 Å². The highest BCUT2D eigenvalue weighted by Crippen LogP contribution is 2.34. The van der Waals surface area contributed by atoms with Crippen LogP contribution in [0.1, 0.15) is 26.7 Å². The highest BCUT2D eigenvalue weighted by atomic mass is 32.2. The third-order valence-electron chi connectivity index (χ3n) is 3.46. The molecule has 0 aromatic heterocycles. The average Bonchev–Trinajstić information content (AvgIpc) is 2.45. The van der Waals surface area contributed by atoms with Crippen molar-refractivity contribution in [1.82, 2.24) is 10.6 Å². The zero-order valence-electron chi connectivity index (χ0n) is 13.2. The van der Waals surface area contributed by atoms with Crippen molar-refractivity contribution in [1.29, 1.82) is 0 Å². The fraction of sp³-hybridized carbons (Fsp3) is 0.929. The molecule has 1 aliphatic rings. The number of rotatable bonds is 7. The van der Waals surface area contributed by atoms with Gasteiger partial charge in [-0.1, -0.05) is 6.92 Å². The number of nitrogens with one attached hydrogen (secondary N) is 2. The van der Waals surface area contributed by atoms with Crippen LogP contribution in [0.15, 0.2) is 4.99 Å². The molecule has 1 fully saturated rings. The maximum Gasteiger partial charge on any atom is 0.191 e. The van der Waals surface area contributed by atoms with Crippen LogP contribution in [-0.4, -0.2) is 63.0 Å². The molecule has 0 radical (unpaired) electrons. The lowest BCUT2D eigenvalue weighted by Gasteiger charge is -2.37. The summed E-state index contributed by atoms with van der Waals surface area (Å²) < 4.78 is 10.9. The Bertz CT molecular complexity index is 289. The number of guanidine groups is 1. The molecule has 0 spiro atoms. The number of aliphatic imine (C=N–C) groups is 1. The number of nitrogens with zero attached hydrogens (tertiary/aromatic N) is 1. The van der Waals surface area contributed by atoms with E-state index in [4.69, 9.17) is 9.47 Å². The molecule has 1 atom stereocenters. The summed E-state index contributed by atoms with van der Waals surface area (Å²) in [4.78, 5) is 4.28. The van der Waals surface area contributed by atoms with Gasteiger partial charge >= 0.3 is 0 Å². The second-order valence-corrected chi connectivity index (χ2v) is 6.89. The molecule has 6 heteroatoms. The van der Waals surface area contributed by atoms with Crippen LogP contribution in [0.4, 0.5) is 0 Å². The summed E-state index contributed by atoms with van der Waals surface area (Å²) in [7, 11) is 3.52. The second-order valence-electron chi connectivity index (χ2n) is 5.15. The summed E-state index contributed by atoms with van der Waals surface area (Å²) in [6, 6.07) is 0.246. The van der Waals surface area contributed by atoms with Crippen molar-refractivity contribution in [2.24, 2.45) is 4.99 Å². The van der Waals surface area contributed by atoms with Crippen molar-refractivity contribution in [3.63, 3.8) is 0 Å². The summed E-state index contributed by atoms with van der Waals surface area (Å²) in [6.45, 7) is 7.62. The number of thioether (sulfide) groups is 1. The molecule has 1 heterocycles. The Morgan fingerprint density at radius 3 is 2.70 bits per heavy atom. The van der Waals surface area contributed by atoms with Crippen molar-refractivity contribution in [3.8, 4) is 0 Å². The predicted octanol–water partition coefficient (Wildman–Crippen LogP) is 1.49. The molecule has 0 amide bonds. The Labute approximate surface area is 127 Å². The van der Waals surface area contributed by atoms with Gasteiger partial charge in [-0.15, -0.1) is 0 Å². The zero-order valence-corrected chi connectivity index (χ0v) is 14.0. The summed E-state index contributed by atoms with van der Waals surface area (Å²) in [5.41, 5.74) is 0. The molecule has 1 aliphatic heterocycles. The number of hydrogen-bond donors (Lipinski definition) is 2. The van der Waals surface area contributed by atoms with E-state index in [1.54, 1.807) is 14.2 Å². The lowest BCUT2D eigenvalue weighted by atomic mass is 9.99. The summed E-state index contributed by atoms with van der Waals surface area (Å²) in [5.74, 6) is 1.98. The Morgan fingerprint density at radius 2 is 2.15 bits per heavy atom. The van der Waals surface area contributed by atoms with Crippen LogP contribution in [0.5, 0.6) is 0 Å². The minimum Gasteiger partial charge on any atom is -0.383 e. The smallest absolute Gasteiger partial charge is 0.191 e. The first kappa shape index (κ1) is 17.6. The van der Waals surface area contributed by atoms with E-state index in [1.165, 1.54) is 0 Å². The second kappa shape index (κ2) is 9.47. The molecule has 1 rings (SSSR count). The van der Waals surface area contributed by atoms with Crippen molar-refractivity contribution < 1.29 is 9.47 Å². The van der Waals surface area contributed by atoms with Crippen LogP contribution in [0, 0.1) is 0 Å². The van der Waals surface area contributed by atoms with E-state index < -0.39 is 0 Å². The maximum absolute atomic E-state index is 5.50. The van der Waals surface area contributed by atoms with E-state index in [2.05, 4.69) is 29.5 Å². The van der Waals surface area contributed by atoms with Gasteiger partial charge in [0.2, 0.25) is 0 Å². The van der Waals surface area contributed by atoms with Gasteiger partial charge in [0.1, 0.15) is 0 Å². The van der Waals surface area contributed by atoms with Gasteiger partial charge in [0, 0.05) is 44.7 Å². The van der Waals surface area contributed by atoms with Crippen molar-refractivity contribution in [3.05, 3.63) is 0 Å². The summed E-state index contributed by atoms with van der Waals surface area (Å²) >= 11 is 2.03. The summed E-state index contributed by atoms with van der Waals surface area (Å²) in [6.07, 6.45) is 2.20. The standard InChI is InChI=1S/C14H29N3O2S/c1-5-20-14(6-8-19-9-7-14)11-16-13(15-3)17-12(2)10-18-4/h12H,5-11H2,1-4H3,(H2,15,16,17). The van der Waals surface area contributed by atoms with E-state index in [0.717, 1.165) is 44.3 Å². The number of methoxy groups -OCH3 is 1. The Morgan fingerprint density at radius 1 is 1.45 bits per heavy atom. The van der Waals surface area contributed by atoms with Gasteiger partial charge < -0.3 is 20.1 Å². The molecule has 20 heavy (non-hydrogen) atoms. The zero-order chi connectivity index (χ0) is 14.8. The van der Waals surface area contributed by atoms with E-state index in [0.29, 0.717) is 6.61 Å². The van der Waals surface area contributed by atoms with E-state index in [9.17, 15) is 0 Å². The van der Waals surface area contributed by atoms with Crippen LogP contribution >= 0.6 is 11.8 Å². The molecule has 5 nitrogen and oxygen atoms in total. The van der Waals surface area contributed by atoms with Gasteiger partial charge in [-0.3, -0.25) is 4.99 Å². The Kier molecular flexibility index (Phi) is 8.33. The normalized spacial score (nSPS) is 20.5. The van der Waals surface area contributed by atoms with Gasteiger partial charge in [-0.25, -0.2) is 0 Å². The average molecular weight is 303 g/mol. The maximum atomic E-state index is 5.50. The highest BCUT2D eigenvalue weighted by molar-refractivity contribution is 8.00. The van der Waals surface area contributed by atoms with Crippen molar-refractivity contribution in [2.45, 2.75) is 37.5 Å². The topological polar surface area (TPSA) is 54.9 Å². The van der Waals surface area contributed by atoms with Crippen LogP contribution in [-0.2, 0) is 9.47 Å². The molecule has 0 aliphatic carbocycles. The third-order valence-corrected chi connectivity index (χ3v) is 4.91. The van der Waals surface area contributed by atoms with Crippen molar-refractivity contribution in [2.75, 3.05) is 46.3 Å². The first-order valence-electron chi connectivity index (χ1n) is 7.33. The van der Waals surface area contributed by atoms with Gasteiger partial charge in [-0.05, 0) is 25.5 Å². The largest absolute Gasteiger partial charge is 0.383 e. The molecule has 0 saturated carbocycles. The Hall–Kier alpha value is -0.460. The molecule has 1 saturated heterocycles. The highest BCUT2D eigenvalue weighted by Gasteiger charge is 2.32. The van der Waals surface area contributed by atoms with Gasteiger partial charge in [-0.2, -0.15) is 11.8 Å². The van der Waals surface area contributed by atoms with Crippen LogP contribution in [0.2, 0.25) is 0 Å². The quantitative estimate of drug-likeness (QED) is 0.551. The molecular formula is C14H29N3O2S. The first-order chi connectivity index (χ1) is 9.65. The fourth-order valence-corrected chi connectivity index (χ4v) is 3.63. The molecule has 2 N–H and O–H groups in total. The number of hydrogen-bond acceptors (Lipinski definition) is 4. The molecule has 118 valence electrons. The fourth-order valence-electron chi connectivity index (χ4n) is 2.39. The SMILES string of the molecule is CCSC1(CNC(=NC)NC(C)COC)CCOCC1. The first-order valence-corrected chi connectivity index (χ1v) is 8.32. The monoisotopic (exact) mass is 303 g/mol. The Balaban J connectivity index is 2.48. The number of ether oxygens (including phenoxy) is 2. The van der Waals surface area contributed by atoms with E-state index in [-0.39, 0.29) is 10.8 Å². The van der Waals surface area contributed by atoms with Gasteiger partial charge in [0.05, 0.1) is 6.61 Å². The molecule has 1 unspecified atom stereocenters. The third kappa shape index (κ3) is 5.89.